The van der Waals surface area contributed by atoms with Crippen molar-refractivity contribution in [2.75, 3.05) is 26.7 Å². The van der Waals surface area contributed by atoms with Gasteiger partial charge < -0.3 is 36.8 Å². The van der Waals surface area contributed by atoms with Crippen molar-refractivity contribution in [2.24, 2.45) is 11.7 Å². The van der Waals surface area contributed by atoms with E-state index in [9.17, 15) is 28.8 Å². The Bertz CT molecular complexity index is 2470. The lowest BCUT2D eigenvalue weighted by Crippen LogP contribution is -2.55. The smallest absolute Gasteiger partial charge is 0.246 e. The lowest BCUT2D eigenvalue weighted by Gasteiger charge is -2.29. The molecule has 2 aliphatic carbocycles. The number of nitrogens with zero attached hydrogens (tertiary/aromatic N) is 2. The Balaban J connectivity index is 0.00000402. The summed E-state index contributed by atoms with van der Waals surface area (Å²) in [7, 11) is 1.64. The third-order valence-electron chi connectivity index (χ3n) is 13.9. The van der Waals surface area contributed by atoms with Crippen molar-refractivity contribution in [1.82, 2.24) is 31.1 Å². The van der Waals surface area contributed by atoms with Gasteiger partial charge in [0.05, 0.1) is 18.1 Å². The van der Waals surface area contributed by atoms with E-state index in [4.69, 9.17) is 5.73 Å². The van der Waals surface area contributed by atoms with E-state index in [0.717, 1.165) is 44.5 Å². The summed E-state index contributed by atoms with van der Waals surface area (Å²) in [5, 5.41) is 11.8. The quantitative estimate of drug-likeness (QED) is 0.0978. The minimum absolute atomic E-state index is 0. The molecule has 0 aromatic heterocycles. The Morgan fingerprint density at radius 3 is 1.54 bits per heavy atom. The van der Waals surface area contributed by atoms with Crippen LogP contribution in [0.25, 0.3) is 22.3 Å². The number of Topliss-reactive ketones (excluding diaryl/α,β-unsaturated/α-hetero) is 1. The molecule has 6 atom stereocenters. The molecule has 0 saturated carbocycles. The second-order valence-corrected chi connectivity index (χ2v) is 18.2. The molecule has 8 rings (SSSR count). The van der Waals surface area contributed by atoms with Crippen molar-refractivity contribution in [3.8, 4) is 45.9 Å². The average Bonchev–Trinajstić information content (AvgIpc) is 4.18. The number of halogens is 2. The lowest BCUT2D eigenvalue weighted by atomic mass is 9.89. The highest BCUT2D eigenvalue weighted by molar-refractivity contribution is 5.96. The molecule has 0 bridgehead atoms. The Morgan fingerprint density at radius 2 is 1.06 bits per heavy atom. The third kappa shape index (κ3) is 11.1. The van der Waals surface area contributed by atoms with Crippen LogP contribution < -0.4 is 27.0 Å². The van der Waals surface area contributed by atoms with E-state index in [-0.39, 0.29) is 74.3 Å². The van der Waals surface area contributed by atoms with E-state index in [1.807, 2.05) is 72.8 Å². The fourth-order valence-electron chi connectivity index (χ4n) is 10.1. The molecule has 6 N–H and O–H groups in total. The molecular weight excluding hydrogens is 926 g/mol. The molecule has 366 valence electrons. The van der Waals surface area contributed by atoms with Crippen molar-refractivity contribution in [3.05, 3.63) is 119 Å². The first-order valence-corrected chi connectivity index (χ1v) is 23.7. The Morgan fingerprint density at radius 1 is 0.629 bits per heavy atom. The van der Waals surface area contributed by atoms with Crippen LogP contribution in [0.1, 0.15) is 93.0 Å². The molecule has 15 heteroatoms. The number of likely N-dealkylation sites (tertiary alicyclic amines) is 2. The standard InChI is InChI=1S/C55H59N7O6.2ClH/c1-34(33-56)51(64)58-45(54(67)61-30-16-28-47(61)49(63)32-44-40-22-10-8-18-36(40)37-19-9-11-23-41(37)44)26-6-4-5-7-27-46(59-52(65)35(2)57-3)55(68)62-31-17-29-48(62)53(66)60-50-42-24-14-12-20-38(42)39-21-13-15-25-43(39)50;;/h8-15,18-25,34-35,44-48,50,57H,16-17,26-33,56H2,1-3H3,(H,58,64)(H,59,65)(H,60,66);2*1H/t34-,35+,45+,46+,47+,48+;;/m1../s1. The molecule has 0 radical (unpaired) electrons. The Kier molecular flexibility index (Phi) is 18.0. The summed E-state index contributed by atoms with van der Waals surface area (Å²) >= 11 is 0. The van der Waals surface area contributed by atoms with Gasteiger partial charge in [0, 0.05) is 50.7 Å². The Hall–Kier alpha value is -6.48. The molecule has 2 fully saturated rings. The van der Waals surface area contributed by atoms with Gasteiger partial charge in [-0.3, -0.25) is 28.8 Å². The van der Waals surface area contributed by atoms with Gasteiger partial charge in [0.1, 0.15) is 18.1 Å². The fraction of sp³-hybridized carbons (Fsp3) is 0.382. The molecule has 2 heterocycles. The van der Waals surface area contributed by atoms with Crippen LogP contribution >= 0.6 is 24.8 Å². The van der Waals surface area contributed by atoms with Crippen LogP contribution in [0.5, 0.6) is 0 Å². The normalized spacial score (nSPS) is 18.0. The summed E-state index contributed by atoms with van der Waals surface area (Å²) in [6.07, 6.45) is 2.31. The number of benzene rings is 4. The van der Waals surface area contributed by atoms with Gasteiger partial charge in [-0.05, 0) is 96.0 Å². The van der Waals surface area contributed by atoms with Crippen LogP contribution in [0.4, 0.5) is 0 Å². The molecule has 0 unspecified atom stereocenters. The largest absolute Gasteiger partial charge is 0.343 e. The van der Waals surface area contributed by atoms with Gasteiger partial charge in [0.25, 0.3) is 0 Å². The molecule has 4 aromatic carbocycles. The van der Waals surface area contributed by atoms with Crippen LogP contribution in [0.3, 0.4) is 0 Å². The maximum absolute atomic E-state index is 14.3. The summed E-state index contributed by atoms with van der Waals surface area (Å²) in [6.45, 7) is 4.14. The molecule has 13 nitrogen and oxygen atoms in total. The number of carbonyl (C=O) groups excluding carboxylic acids is 6. The van der Waals surface area contributed by atoms with Crippen LogP contribution in [0.15, 0.2) is 97.1 Å². The van der Waals surface area contributed by atoms with Gasteiger partial charge in [-0.2, -0.15) is 0 Å². The van der Waals surface area contributed by atoms with Gasteiger partial charge in [-0.25, -0.2) is 0 Å². The number of nitrogens with one attached hydrogen (secondary N) is 4. The van der Waals surface area contributed by atoms with Gasteiger partial charge in [0.15, 0.2) is 5.78 Å². The minimum atomic E-state index is -1.07. The van der Waals surface area contributed by atoms with E-state index >= 15 is 0 Å². The molecule has 2 saturated heterocycles. The second-order valence-electron chi connectivity index (χ2n) is 18.2. The molecule has 5 amide bonds. The molecule has 2 aliphatic heterocycles. The highest BCUT2D eigenvalue weighted by Crippen LogP contribution is 2.47. The monoisotopic (exact) mass is 985 g/mol. The van der Waals surface area contributed by atoms with E-state index in [0.29, 0.717) is 38.8 Å². The summed E-state index contributed by atoms with van der Waals surface area (Å²) < 4.78 is 0. The lowest BCUT2D eigenvalue weighted by molar-refractivity contribution is -0.141. The summed E-state index contributed by atoms with van der Waals surface area (Å²) in [5.74, 6) is 8.78. The number of rotatable bonds is 15. The molecule has 0 spiro atoms. The van der Waals surface area contributed by atoms with Crippen molar-refractivity contribution < 1.29 is 28.8 Å². The number of hydrogen-bond acceptors (Lipinski definition) is 8. The van der Waals surface area contributed by atoms with Gasteiger partial charge in [-0.1, -0.05) is 116 Å². The zero-order valence-corrected chi connectivity index (χ0v) is 41.3. The first-order valence-electron chi connectivity index (χ1n) is 23.7. The highest BCUT2D eigenvalue weighted by atomic mass is 35.5. The topological polar surface area (TPSA) is 183 Å². The maximum atomic E-state index is 14.3. The van der Waals surface area contributed by atoms with Crippen molar-refractivity contribution in [1.29, 1.82) is 0 Å². The number of fused-ring (bicyclic) bond motifs is 6. The van der Waals surface area contributed by atoms with Gasteiger partial charge >= 0.3 is 0 Å². The van der Waals surface area contributed by atoms with Crippen molar-refractivity contribution in [3.63, 3.8) is 0 Å². The van der Waals surface area contributed by atoms with Gasteiger partial charge in [-0.15, -0.1) is 24.8 Å². The SMILES string of the molecule is CN[C@@H](C)C(=O)N[C@@H](CC#CC#CC[C@H](NC(=O)[C@H](C)CN)C(=O)N1CCC[C@H]1C(=O)CC1c2ccccc2-c2ccccc21)C(=O)N1CCC[C@H]1C(=O)NC1c2ccccc2-c2ccccc21.Cl.Cl. The van der Waals surface area contributed by atoms with E-state index in [1.165, 1.54) is 4.90 Å². The maximum Gasteiger partial charge on any atom is 0.246 e. The number of amides is 5. The predicted molar refractivity (Wildman–Crippen MR) is 275 cm³/mol. The highest BCUT2D eigenvalue weighted by Gasteiger charge is 2.42. The predicted octanol–water partition coefficient (Wildman–Crippen LogP) is 5.43. The van der Waals surface area contributed by atoms with Gasteiger partial charge in [0.2, 0.25) is 29.5 Å². The van der Waals surface area contributed by atoms with Crippen molar-refractivity contribution >= 4 is 60.1 Å². The molecule has 4 aromatic rings. The van der Waals surface area contributed by atoms with Crippen LogP contribution in [-0.2, 0) is 28.8 Å². The Labute approximate surface area is 422 Å². The molecular formula is C55H61Cl2N7O6. The van der Waals surface area contributed by atoms with E-state index in [1.54, 1.807) is 25.8 Å². The zero-order chi connectivity index (χ0) is 47.9. The minimum Gasteiger partial charge on any atom is -0.343 e. The number of ketones is 1. The van der Waals surface area contributed by atoms with E-state index < -0.39 is 59.8 Å². The second kappa shape index (κ2) is 23.9. The third-order valence-corrected chi connectivity index (χ3v) is 13.9. The summed E-state index contributed by atoms with van der Waals surface area (Å²) in [4.78, 5) is 86.3. The molecule has 70 heavy (non-hydrogen) atoms. The van der Waals surface area contributed by atoms with Crippen LogP contribution in [-0.4, -0.2) is 102 Å². The first-order chi connectivity index (χ1) is 33.0. The summed E-state index contributed by atoms with van der Waals surface area (Å²) in [5.41, 5.74) is 14.4. The first kappa shape index (κ1) is 52.9. The molecule has 4 aliphatic rings. The number of carbonyl (C=O) groups is 6. The number of hydrogen-bond donors (Lipinski definition) is 5. The van der Waals surface area contributed by atoms with Crippen LogP contribution in [0.2, 0.25) is 0 Å². The van der Waals surface area contributed by atoms with Crippen LogP contribution in [0, 0.1) is 29.6 Å². The zero-order valence-electron chi connectivity index (χ0n) is 39.7. The summed E-state index contributed by atoms with van der Waals surface area (Å²) in [6, 6.07) is 27.7. The average molecular weight is 987 g/mol. The number of likely N-dealkylation sites (N-methyl/N-ethyl adjacent to an activating group) is 1. The number of nitrogens with two attached hydrogens (primary N) is 1. The fourth-order valence-corrected chi connectivity index (χ4v) is 10.1. The van der Waals surface area contributed by atoms with E-state index in [2.05, 4.69) is 69.2 Å². The van der Waals surface area contributed by atoms with Crippen molar-refractivity contribution in [2.45, 2.75) is 101 Å².